The molecule has 0 amide bonds. The van der Waals surface area contributed by atoms with E-state index in [9.17, 15) is 0 Å². The highest BCUT2D eigenvalue weighted by Gasteiger charge is 2.23. The average Bonchev–Trinajstić information content (AvgIpc) is 2.95. The van der Waals surface area contributed by atoms with Gasteiger partial charge >= 0.3 is 0 Å². The zero-order valence-corrected chi connectivity index (χ0v) is 12.6. The van der Waals surface area contributed by atoms with E-state index in [0.717, 1.165) is 38.0 Å². The van der Waals surface area contributed by atoms with E-state index >= 15 is 0 Å². The summed E-state index contributed by atoms with van der Waals surface area (Å²) in [5, 5.41) is 4.94. The summed E-state index contributed by atoms with van der Waals surface area (Å²) < 4.78 is 5.75. The van der Waals surface area contributed by atoms with Gasteiger partial charge in [-0.15, -0.1) is 0 Å². The van der Waals surface area contributed by atoms with Crippen molar-refractivity contribution in [3.63, 3.8) is 0 Å². The van der Waals surface area contributed by atoms with Crippen LogP contribution in [0.3, 0.4) is 0 Å². The van der Waals surface area contributed by atoms with Gasteiger partial charge in [0.2, 0.25) is 0 Å². The minimum atomic E-state index is 0.271. The Morgan fingerprint density at radius 3 is 3.05 bits per heavy atom. The molecule has 2 aliphatic rings. The Kier molecular flexibility index (Phi) is 4.60. The molecule has 1 aromatic rings. The van der Waals surface area contributed by atoms with Crippen LogP contribution in [0, 0.1) is 0 Å². The molecule has 2 aliphatic heterocycles. The lowest BCUT2D eigenvalue weighted by atomic mass is 10.1. The summed E-state index contributed by atoms with van der Waals surface area (Å²) in [7, 11) is 2.14. The first-order valence-electron chi connectivity index (χ1n) is 7.11. The highest BCUT2D eigenvalue weighted by atomic mass is 32.2. The van der Waals surface area contributed by atoms with E-state index in [2.05, 4.69) is 52.6 Å². The maximum Gasteiger partial charge on any atom is 0.157 e. The Morgan fingerprint density at radius 2 is 2.25 bits per heavy atom. The van der Waals surface area contributed by atoms with Crippen molar-refractivity contribution in [1.29, 1.82) is 0 Å². The predicted octanol–water partition coefficient (Wildman–Crippen LogP) is 1.75. The average molecular weight is 291 g/mol. The van der Waals surface area contributed by atoms with Crippen molar-refractivity contribution in [1.82, 2.24) is 10.2 Å². The van der Waals surface area contributed by atoms with Crippen LogP contribution in [0.4, 0.5) is 0 Å². The summed E-state index contributed by atoms with van der Waals surface area (Å²) in [4.78, 5) is 6.91. The number of thioether (sulfide) groups is 1. The van der Waals surface area contributed by atoms with E-state index in [0.29, 0.717) is 5.25 Å². The number of rotatable bonds is 3. The van der Waals surface area contributed by atoms with Crippen LogP contribution in [0.2, 0.25) is 0 Å². The second-order valence-corrected chi connectivity index (χ2v) is 6.49. The fraction of sp³-hybridized carbons (Fsp3) is 0.533. The minimum absolute atomic E-state index is 0.271. The number of hydrogen-bond acceptors (Lipinski definition) is 5. The third kappa shape index (κ3) is 3.53. The molecule has 1 fully saturated rings. The fourth-order valence-electron chi connectivity index (χ4n) is 2.51. The van der Waals surface area contributed by atoms with E-state index < -0.39 is 0 Å². The molecule has 5 heteroatoms. The van der Waals surface area contributed by atoms with Crippen molar-refractivity contribution < 1.29 is 4.74 Å². The van der Waals surface area contributed by atoms with Gasteiger partial charge in [-0.3, -0.25) is 4.99 Å². The molecule has 0 spiro atoms. The molecule has 0 radical (unpaired) electrons. The number of benzene rings is 1. The van der Waals surface area contributed by atoms with Crippen molar-refractivity contribution in [2.24, 2.45) is 4.99 Å². The minimum Gasteiger partial charge on any atom is -0.374 e. The molecular formula is C15H21N3OS. The van der Waals surface area contributed by atoms with Crippen LogP contribution >= 0.6 is 11.8 Å². The first kappa shape index (κ1) is 13.9. The van der Waals surface area contributed by atoms with Crippen molar-refractivity contribution >= 4 is 16.9 Å². The molecule has 0 saturated carbocycles. The summed E-state index contributed by atoms with van der Waals surface area (Å²) in [6.45, 7) is 4.56. The van der Waals surface area contributed by atoms with Crippen LogP contribution in [-0.2, 0) is 4.74 Å². The van der Waals surface area contributed by atoms with E-state index in [1.807, 2.05) is 11.8 Å². The molecule has 2 heterocycles. The van der Waals surface area contributed by atoms with Gasteiger partial charge in [-0.25, -0.2) is 0 Å². The van der Waals surface area contributed by atoms with Crippen molar-refractivity contribution in [3.05, 3.63) is 35.9 Å². The highest BCUT2D eigenvalue weighted by Crippen LogP contribution is 2.34. The van der Waals surface area contributed by atoms with Crippen LogP contribution in [0.15, 0.2) is 35.3 Å². The summed E-state index contributed by atoms with van der Waals surface area (Å²) in [5.74, 6) is 0. The number of ether oxygens (including phenoxy) is 1. The monoisotopic (exact) mass is 291 g/mol. The molecule has 0 aromatic heterocycles. The van der Waals surface area contributed by atoms with Crippen LogP contribution in [0.1, 0.15) is 10.8 Å². The van der Waals surface area contributed by atoms with Crippen LogP contribution in [0.5, 0.6) is 0 Å². The summed E-state index contributed by atoms with van der Waals surface area (Å²) >= 11 is 1.82. The van der Waals surface area contributed by atoms with E-state index in [1.54, 1.807) is 0 Å². The molecule has 2 atom stereocenters. The van der Waals surface area contributed by atoms with Gasteiger partial charge in [0.15, 0.2) is 5.17 Å². The number of amidine groups is 1. The third-order valence-electron chi connectivity index (χ3n) is 3.65. The lowest BCUT2D eigenvalue weighted by Gasteiger charge is -2.30. The number of nitrogens with one attached hydrogen (secondary N) is 1. The normalized spacial score (nSPS) is 27.4. The predicted molar refractivity (Wildman–Crippen MR) is 84.3 cm³/mol. The largest absolute Gasteiger partial charge is 0.374 e. The molecule has 108 valence electrons. The number of aliphatic imine (C=N–C) groups is 1. The van der Waals surface area contributed by atoms with Crippen LogP contribution in [-0.4, -0.2) is 56.0 Å². The quantitative estimate of drug-likeness (QED) is 0.920. The molecule has 4 nitrogen and oxygen atoms in total. The molecule has 0 aliphatic carbocycles. The van der Waals surface area contributed by atoms with Gasteiger partial charge in [-0.1, -0.05) is 42.1 Å². The third-order valence-corrected chi connectivity index (χ3v) is 4.85. The van der Waals surface area contributed by atoms with Gasteiger partial charge in [0.25, 0.3) is 0 Å². The first-order valence-corrected chi connectivity index (χ1v) is 7.99. The Morgan fingerprint density at radius 1 is 1.40 bits per heavy atom. The number of likely N-dealkylation sites (N-methyl/N-ethyl adjacent to an activating group) is 1. The maximum absolute atomic E-state index is 5.75. The Balaban J connectivity index is 1.46. The summed E-state index contributed by atoms with van der Waals surface area (Å²) in [6.07, 6.45) is 0.271. The zero-order valence-electron chi connectivity index (χ0n) is 11.8. The van der Waals surface area contributed by atoms with Gasteiger partial charge in [0, 0.05) is 19.6 Å². The van der Waals surface area contributed by atoms with Gasteiger partial charge in [0.1, 0.15) is 0 Å². The van der Waals surface area contributed by atoms with E-state index in [1.165, 1.54) is 5.56 Å². The SMILES string of the molecule is CN1CCOC(CNC2=NCC(c3ccccc3)S2)C1. The standard InChI is InChI=1S/C15H21N3OS/c1-18-7-8-19-13(11-18)9-16-15-17-10-14(20-15)12-5-3-2-4-6-12/h2-6,13-14H,7-11H2,1H3,(H,16,17). The Hall–Kier alpha value is -1.04. The smallest absolute Gasteiger partial charge is 0.157 e. The fourth-order valence-corrected chi connectivity index (χ4v) is 3.53. The molecule has 1 aromatic carbocycles. The lowest BCUT2D eigenvalue weighted by molar-refractivity contribution is -0.0159. The molecular weight excluding hydrogens is 270 g/mol. The van der Waals surface area contributed by atoms with Gasteiger partial charge in [-0.2, -0.15) is 0 Å². The topological polar surface area (TPSA) is 36.9 Å². The summed E-state index contributed by atoms with van der Waals surface area (Å²) in [5.41, 5.74) is 1.35. The Labute approximate surface area is 124 Å². The number of nitrogens with zero attached hydrogens (tertiary/aromatic N) is 2. The second kappa shape index (κ2) is 6.61. The number of morpholine rings is 1. The molecule has 0 bridgehead atoms. The van der Waals surface area contributed by atoms with Gasteiger partial charge in [-0.05, 0) is 12.6 Å². The lowest BCUT2D eigenvalue weighted by Crippen LogP contribution is -2.45. The molecule has 2 unspecified atom stereocenters. The first-order chi connectivity index (χ1) is 9.81. The Bertz CT molecular complexity index is 465. The molecule has 20 heavy (non-hydrogen) atoms. The molecule has 1 N–H and O–H groups in total. The van der Waals surface area contributed by atoms with Gasteiger partial charge in [0.05, 0.1) is 24.5 Å². The highest BCUT2D eigenvalue weighted by molar-refractivity contribution is 8.14. The van der Waals surface area contributed by atoms with Crippen molar-refractivity contribution in [3.8, 4) is 0 Å². The van der Waals surface area contributed by atoms with E-state index in [4.69, 9.17) is 4.74 Å². The van der Waals surface area contributed by atoms with Crippen molar-refractivity contribution in [2.45, 2.75) is 11.4 Å². The molecule has 3 rings (SSSR count). The van der Waals surface area contributed by atoms with Crippen molar-refractivity contribution in [2.75, 3.05) is 39.8 Å². The zero-order chi connectivity index (χ0) is 13.8. The van der Waals surface area contributed by atoms with Crippen LogP contribution < -0.4 is 5.32 Å². The second-order valence-electron chi connectivity index (χ2n) is 5.30. The van der Waals surface area contributed by atoms with Gasteiger partial charge < -0.3 is 15.0 Å². The maximum atomic E-state index is 5.75. The number of hydrogen-bond donors (Lipinski definition) is 1. The van der Waals surface area contributed by atoms with E-state index in [-0.39, 0.29) is 6.10 Å². The summed E-state index contributed by atoms with van der Waals surface area (Å²) in [6, 6.07) is 10.6. The van der Waals surface area contributed by atoms with Crippen LogP contribution in [0.25, 0.3) is 0 Å². The molecule has 1 saturated heterocycles.